The maximum atomic E-state index is 13.6. The molecule has 20 heavy (non-hydrogen) atoms. The highest BCUT2D eigenvalue weighted by Crippen LogP contribution is 2.16. The first-order valence-corrected chi connectivity index (χ1v) is 7.43. The summed E-state index contributed by atoms with van der Waals surface area (Å²) in [5, 5.41) is 3.28. The molecule has 1 N–H and O–H groups in total. The van der Waals surface area contributed by atoms with Gasteiger partial charge >= 0.3 is 0 Å². The number of hydrogen-bond acceptors (Lipinski definition) is 3. The van der Waals surface area contributed by atoms with Gasteiger partial charge in [-0.1, -0.05) is 27.7 Å². The third kappa shape index (κ3) is 6.35. The average Bonchev–Trinajstić information content (AvgIpc) is 2.41. The molecule has 0 heterocycles. The number of nitrogens with zero attached hydrogens (tertiary/aromatic N) is 1. The molecule has 4 heteroatoms. The molecule has 0 atom stereocenters. The van der Waals surface area contributed by atoms with Crippen LogP contribution in [-0.2, 0) is 6.54 Å². The fourth-order valence-electron chi connectivity index (χ4n) is 1.96. The number of rotatable bonds is 9. The quantitative estimate of drug-likeness (QED) is 0.753. The molecule has 0 amide bonds. The molecule has 114 valence electrons. The van der Waals surface area contributed by atoms with Crippen molar-refractivity contribution in [3.05, 3.63) is 29.6 Å². The Labute approximate surface area is 122 Å². The SMILES string of the molecule is CCN(CC)CCOc1cc(F)cc(CNC(C)C)c1. The third-order valence-corrected chi connectivity index (χ3v) is 3.22. The molecular formula is C16H27FN2O. The summed E-state index contributed by atoms with van der Waals surface area (Å²) in [6, 6.07) is 5.28. The van der Waals surface area contributed by atoms with Crippen molar-refractivity contribution in [3.63, 3.8) is 0 Å². The summed E-state index contributed by atoms with van der Waals surface area (Å²) in [7, 11) is 0. The van der Waals surface area contributed by atoms with Gasteiger partial charge in [0.1, 0.15) is 18.2 Å². The van der Waals surface area contributed by atoms with Crippen molar-refractivity contribution in [3.8, 4) is 5.75 Å². The zero-order valence-corrected chi connectivity index (χ0v) is 13.1. The van der Waals surface area contributed by atoms with E-state index in [0.29, 0.717) is 24.9 Å². The van der Waals surface area contributed by atoms with Gasteiger partial charge in [-0.05, 0) is 30.8 Å². The Morgan fingerprint density at radius 1 is 1.20 bits per heavy atom. The second-order valence-corrected chi connectivity index (χ2v) is 5.21. The lowest BCUT2D eigenvalue weighted by Gasteiger charge is -2.18. The Morgan fingerprint density at radius 3 is 2.50 bits per heavy atom. The summed E-state index contributed by atoms with van der Waals surface area (Å²) in [6.07, 6.45) is 0. The first-order chi connectivity index (χ1) is 9.55. The van der Waals surface area contributed by atoms with E-state index in [2.05, 4.69) is 37.9 Å². The van der Waals surface area contributed by atoms with E-state index < -0.39 is 0 Å². The molecule has 0 aromatic heterocycles. The highest BCUT2D eigenvalue weighted by atomic mass is 19.1. The molecule has 0 saturated carbocycles. The second kappa shape index (κ2) is 8.93. The zero-order chi connectivity index (χ0) is 15.0. The number of halogens is 1. The standard InChI is InChI=1S/C16H27FN2O/c1-5-19(6-2)7-8-20-16-10-14(9-15(17)11-16)12-18-13(3)4/h9-11,13,18H,5-8,12H2,1-4H3. The van der Waals surface area contributed by atoms with Crippen molar-refractivity contribution < 1.29 is 9.13 Å². The first-order valence-electron chi connectivity index (χ1n) is 7.43. The van der Waals surface area contributed by atoms with Gasteiger partial charge in [-0.2, -0.15) is 0 Å². The molecule has 0 bridgehead atoms. The summed E-state index contributed by atoms with van der Waals surface area (Å²) in [6.45, 7) is 12.5. The lowest BCUT2D eigenvalue weighted by atomic mass is 10.2. The van der Waals surface area contributed by atoms with Gasteiger partial charge in [0.25, 0.3) is 0 Å². The summed E-state index contributed by atoms with van der Waals surface area (Å²) in [5.41, 5.74) is 0.913. The van der Waals surface area contributed by atoms with Crippen LogP contribution in [0.2, 0.25) is 0 Å². The van der Waals surface area contributed by atoms with Crippen LogP contribution in [-0.4, -0.2) is 37.2 Å². The molecule has 3 nitrogen and oxygen atoms in total. The molecular weight excluding hydrogens is 255 g/mol. The van der Waals surface area contributed by atoms with Crippen molar-refractivity contribution >= 4 is 0 Å². The Morgan fingerprint density at radius 2 is 1.90 bits per heavy atom. The number of ether oxygens (including phenoxy) is 1. The summed E-state index contributed by atoms with van der Waals surface area (Å²) in [5.74, 6) is 0.364. The summed E-state index contributed by atoms with van der Waals surface area (Å²) < 4.78 is 19.2. The lowest BCUT2D eigenvalue weighted by molar-refractivity contribution is 0.222. The van der Waals surface area contributed by atoms with Gasteiger partial charge in [0, 0.05) is 25.2 Å². The van der Waals surface area contributed by atoms with Crippen LogP contribution in [0.5, 0.6) is 5.75 Å². The maximum Gasteiger partial charge on any atom is 0.127 e. The van der Waals surface area contributed by atoms with Gasteiger partial charge in [-0.3, -0.25) is 0 Å². The van der Waals surface area contributed by atoms with Crippen LogP contribution in [0.3, 0.4) is 0 Å². The Kier molecular flexibility index (Phi) is 7.55. The predicted octanol–water partition coefficient (Wildman–Crippen LogP) is 3.04. The van der Waals surface area contributed by atoms with E-state index in [1.54, 1.807) is 6.07 Å². The fourth-order valence-corrected chi connectivity index (χ4v) is 1.96. The molecule has 0 fully saturated rings. The monoisotopic (exact) mass is 282 g/mol. The smallest absolute Gasteiger partial charge is 0.127 e. The van der Waals surface area contributed by atoms with Crippen LogP contribution in [0.15, 0.2) is 18.2 Å². The number of benzene rings is 1. The Hall–Kier alpha value is -1.13. The normalized spacial score (nSPS) is 11.3. The molecule has 0 spiro atoms. The Balaban J connectivity index is 2.52. The van der Waals surface area contributed by atoms with Gasteiger partial charge in [-0.25, -0.2) is 4.39 Å². The van der Waals surface area contributed by atoms with Crippen LogP contribution < -0.4 is 10.1 Å². The molecule has 0 aliphatic carbocycles. The van der Waals surface area contributed by atoms with Gasteiger partial charge in [0.2, 0.25) is 0 Å². The lowest BCUT2D eigenvalue weighted by Crippen LogP contribution is -2.28. The molecule has 0 saturated heterocycles. The van der Waals surface area contributed by atoms with Gasteiger partial charge in [0.05, 0.1) is 0 Å². The van der Waals surface area contributed by atoms with Crippen molar-refractivity contribution in [2.24, 2.45) is 0 Å². The minimum atomic E-state index is -0.245. The van der Waals surface area contributed by atoms with Crippen LogP contribution >= 0.6 is 0 Å². The molecule has 1 aromatic rings. The molecule has 0 radical (unpaired) electrons. The second-order valence-electron chi connectivity index (χ2n) is 5.21. The molecule has 1 aromatic carbocycles. The minimum absolute atomic E-state index is 0.245. The molecule has 0 unspecified atom stereocenters. The first kappa shape index (κ1) is 16.9. The zero-order valence-electron chi connectivity index (χ0n) is 13.1. The summed E-state index contributed by atoms with van der Waals surface area (Å²) >= 11 is 0. The van der Waals surface area contributed by atoms with Crippen LogP contribution in [0.1, 0.15) is 33.3 Å². The van der Waals surface area contributed by atoms with Crippen LogP contribution in [0, 0.1) is 5.82 Å². The van der Waals surface area contributed by atoms with E-state index in [4.69, 9.17) is 4.74 Å². The molecule has 1 rings (SSSR count). The van der Waals surface area contributed by atoms with E-state index in [0.717, 1.165) is 25.2 Å². The van der Waals surface area contributed by atoms with Gasteiger partial charge in [0.15, 0.2) is 0 Å². The van der Waals surface area contributed by atoms with E-state index in [-0.39, 0.29) is 5.82 Å². The van der Waals surface area contributed by atoms with Gasteiger partial charge in [-0.15, -0.1) is 0 Å². The topological polar surface area (TPSA) is 24.5 Å². The fraction of sp³-hybridized carbons (Fsp3) is 0.625. The maximum absolute atomic E-state index is 13.6. The highest BCUT2D eigenvalue weighted by Gasteiger charge is 2.04. The van der Waals surface area contributed by atoms with Crippen molar-refractivity contribution in [1.29, 1.82) is 0 Å². The molecule has 0 aliphatic heterocycles. The number of hydrogen-bond donors (Lipinski definition) is 1. The van der Waals surface area contributed by atoms with Crippen LogP contribution in [0.4, 0.5) is 4.39 Å². The van der Waals surface area contributed by atoms with E-state index in [1.807, 2.05) is 6.07 Å². The van der Waals surface area contributed by atoms with Crippen molar-refractivity contribution in [2.75, 3.05) is 26.2 Å². The molecule has 0 aliphatic rings. The predicted molar refractivity (Wildman–Crippen MR) is 81.7 cm³/mol. The largest absolute Gasteiger partial charge is 0.492 e. The van der Waals surface area contributed by atoms with E-state index in [9.17, 15) is 4.39 Å². The number of nitrogens with one attached hydrogen (secondary N) is 1. The average molecular weight is 282 g/mol. The highest BCUT2D eigenvalue weighted by molar-refractivity contribution is 5.29. The summed E-state index contributed by atoms with van der Waals surface area (Å²) in [4.78, 5) is 2.28. The third-order valence-electron chi connectivity index (χ3n) is 3.22. The van der Waals surface area contributed by atoms with Crippen LogP contribution in [0.25, 0.3) is 0 Å². The van der Waals surface area contributed by atoms with E-state index in [1.165, 1.54) is 6.07 Å². The van der Waals surface area contributed by atoms with Crippen molar-refractivity contribution in [1.82, 2.24) is 10.2 Å². The van der Waals surface area contributed by atoms with Gasteiger partial charge < -0.3 is 15.0 Å². The Bertz CT molecular complexity index is 392. The minimum Gasteiger partial charge on any atom is -0.492 e. The van der Waals surface area contributed by atoms with E-state index >= 15 is 0 Å². The number of likely N-dealkylation sites (N-methyl/N-ethyl adjacent to an activating group) is 1. The van der Waals surface area contributed by atoms with Crippen molar-refractivity contribution in [2.45, 2.75) is 40.3 Å².